The molecular formula is C22H23F2N5O. The standard InChI is InChI=1S/C22H23F2N5O/c1-12-6-17(28-20(26-12)21(3,23)24)16-11-29(14-8-22(9-14)4-5-22)18-10-25-19(7-15(16)18)27-13(2)30/h6-7,10-11,14H,4-5,8-9H2,1-3H3,(H,25,27,30). The quantitative estimate of drug-likeness (QED) is 0.657. The number of amides is 1. The van der Waals surface area contributed by atoms with Gasteiger partial charge in [-0.15, -0.1) is 0 Å². The van der Waals surface area contributed by atoms with Gasteiger partial charge < -0.3 is 9.88 Å². The number of hydrogen-bond acceptors (Lipinski definition) is 4. The van der Waals surface area contributed by atoms with Crippen LogP contribution in [0.1, 0.15) is 57.1 Å². The van der Waals surface area contributed by atoms with Crippen molar-refractivity contribution >= 4 is 22.6 Å². The number of alkyl halides is 2. The van der Waals surface area contributed by atoms with Crippen LogP contribution in [0.5, 0.6) is 0 Å². The first-order chi connectivity index (χ1) is 14.1. The second-order valence-corrected chi connectivity index (χ2v) is 8.89. The molecule has 1 spiro atoms. The Labute approximate surface area is 172 Å². The number of halogens is 2. The lowest BCUT2D eigenvalue weighted by molar-refractivity contribution is -0.114. The van der Waals surface area contributed by atoms with E-state index in [0.29, 0.717) is 28.7 Å². The minimum absolute atomic E-state index is 0.219. The van der Waals surface area contributed by atoms with E-state index in [1.807, 2.05) is 6.20 Å². The molecule has 0 aromatic carbocycles. The third-order valence-electron chi connectivity index (χ3n) is 6.23. The number of hydrogen-bond donors (Lipinski definition) is 1. The second-order valence-electron chi connectivity index (χ2n) is 8.89. The monoisotopic (exact) mass is 411 g/mol. The van der Waals surface area contributed by atoms with Gasteiger partial charge in [0.25, 0.3) is 0 Å². The zero-order valence-corrected chi connectivity index (χ0v) is 17.2. The van der Waals surface area contributed by atoms with Gasteiger partial charge in [0, 0.05) is 42.7 Å². The molecule has 2 aliphatic rings. The summed E-state index contributed by atoms with van der Waals surface area (Å²) in [7, 11) is 0. The van der Waals surface area contributed by atoms with Crippen LogP contribution in [0.3, 0.4) is 0 Å². The fourth-order valence-corrected chi connectivity index (χ4v) is 4.53. The topological polar surface area (TPSA) is 72.7 Å². The number of carbonyl (C=O) groups is 1. The minimum atomic E-state index is -3.13. The number of aryl methyl sites for hydroxylation is 1. The lowest BCUT2D eigenvalue weighted by atomic mass is 9.77. The molecule has 0 radical (unpaired) electrons. The Morgan fingerprint density at radius 3 is 2.63 bits per heavy atom. The third-order valence-corrected chi connectivity index (χ3v) is 6.23. The SMILES string of the molecule is CC(=O)Nc1cc2c(-c3cc(C)nc(C(C)(F)F)n3)cn(C3CC4(CC4)C3)c2cn1. The van der Waals surface area contributed by atoms with Crippen molar-refractivity contribution in [2.45, 2.75) is 58.4 Å². The van der Waals surface area contributed by atoms with Gasteiger partial charge in [-0.25, -0.2) is 15.0 Å². The Hall–Kier alpha value is -2.90. The predicted molar refractivity (Wildman–Crippen MR) is 109 cm³/mol. The molecule has 0 atom stereocenters. The van der Waals surface area contributed by atoms with Gasteiger partial charge in [0.05, 0.1) is 17.4 Å². The van der Waals surface area contributed by atoms with Crippen LogP contribution in [0.25, 0.3) is 22.2 Å². The molecule has 3 aromatic heterocycles. The molecule has 30 heavy (non-hydrogen) atoms. The molecule has 1 amide bonds. The number of anilines is 1. The molecule has 156 valence electrons. The number of carbonyl (C=O) groups excluding carboxylic acids is 1. The van der Waals surface area contributed by atoms with E-state index in [9.17, 15) is 13.6 Å². The van der Waals surface area contributed by atoms with Crippen LogP contribution >= 0.6 is 0 Å². The van der Waals surface area contributed by atoms with Crippen LogP contribution in [-0.2, 0) is 10.7 Å². The van der Waals surface area contributed by atoms with Crippen LogP contribution in [0.4, 0.5) is 14.6 Å². The molecule has 3 aromatic rings. The Balaban J connectivity index is 1.66. The summed E-state index contributed by atoms with van der Waals surface area (Å²) in [6, 6.07) is 3.87. The highest BCUT2D eigenvalue weighted by atomic mass is 19.3. The van der Waals surface area contributed by atoms with Crippen LogP contribution < -0.4 is 5.32 Å². The van der Waals surface area contributed by atoms with E-state index >= 15 is 0 Å². The average Bonchev–Trinajstić information content (AvgIpc) is 3.34. The van der Waals surface area contributed by atoms with Crippen LogP contribution in [0, 0.1) is 12.3 Å². The largest absolute Gasteiger partial charge is 0.342 e. The van der Waals surface area contributed by atoms with Crippen molar-refractivity contribution in [2.24, 2.45) is 5.41 Å². The number of aromatic nitrogens is 4. The summed E-state index contributed by atoms with van der Waals surface area (Å²) in [6.07, 6.45) is 8.57. The molecule has 3 heterocycles. The molecule has 8 heteroatoms. The molecule has 2 aliphatic carbocycles. The lowest BCUT2D eigenvalue weighted by Gasteiger charge is -2.37. The third kappa shape index (κ3) is 3.24. The summed E-state index contributed by atoms with van der Waals surface area (Å²) in [6.45, 7) is 3.91. The van der Waals surface area contributed by atoms with E-state index in [0.717, 1.165) is 36.2 Å². The molecule has 0 bridgehead atoms. The van der Waals surface area contributed by atoms with E-state index in [1.54, 1.807) is 25.3 Å². The summed E-state index contributed by atoms with van der Waals surface area (Å²) in [5, 5.41) is 3.53. The summed E-state index contributed by atoms with van der Waals surface area (Å²) in [4.78, 5) is 24.0. The fourth-order valence-electron chi connectivity index (χ4n) is 4.53. The van der Waals surface area contributed by atoms with Gasteiger partial charge in [0.15, 0.2) is 5.82 Å². The first-order valence-electron chi connectivity index (χ1n) is 10.2. The molecular weight excluding hydrogens is 388 g/mol. The van der Waals surface area contributed by atoms with Gasteiger partial charge in [-0.1, -0.05) is 0 Å². The molecule has 0 aliphatic heterocycles. The zero-order valence-electron chi connectivity index (χ0n) is 17.2. The maximum atomic E-state index is 14.0. The molecule has 1 N–H and O–H groups in total. The molecule has 5 rings (SSSR count). The van der Waals surface area contributed by atoms with Crippen molar-refractivity contribution in [3.63, 3.8) is 0 Å². The van der Waals surface area contributed by atoms with Crippen molar-refractivity contribution in [3.8, 4) is 11.3 Å². The highest BCUT2D eigenvalue weighted by molar-refractivity contribution is 5.98. The molecule has 2 saturated carbocycles. The number of fused-ring (bicyclic) bond motifs is 1. The van der Waals surface area contributed by atoms with E-state index in [4.69, 9.17) is 0 Å². The number of rotatable bonds is 4. The molecule has 2 fully saturated rings. The Kier molecular flexibility index (Phi) is 4.01. The fraction of sp³-hybridized carbons (Fsp3) is 0.455. The van der Waals surface area contributed by atoms with Crippen molar-refractivity contribution in [3.05, 3.63) is 36.0 Å². The first-order valence-corrected chi connectivity index (χ1v) is 10.2. The second kappa shape index (κ2) is 6.30. The van der Waals surface area contributed by atoms with E-state index in [-0.39, 0.29) is 5.91 Å². The number of nitrogens with zero attached hydrogens (tertiary/aromatic N) is 4. The average molecular weight is 411 g/mol. The Morgan fingerprint density at radius 2 is 2.00 bits per heavy atom. The summed E-state index contributed by atoms with van der Waals surface area (Å²) in [5.41, 5.74) is 3.11. The normalized spacial score (nSPS) is 17.9. The maximum absolute atomic E-state index is 14.0. The van der Waals surface area contributed by atoms with Gasteiger partial charge in [0.2, 0.25) is 5.91 Å². The van der Waals surface area contributed by atoms with Crippen molar-refractivity contribution in [2.75, 3.05) is 5.32 Å². The highest BCUT2D eigenvalue weighted by Gasteiger charge is 2.53. The van der Waals surface area contributed by atoms with Crippen LogP contribution in [-0.4, -0.2) is 25.4 Å². The molecule has 0 unspecified atom stereocenters. The van der Waals surface area contributed by atoms with Gasteiger partial charge in [-0.05, 0) is 50.2 Å². The van der Waals surface area contributed by atoms with Crippen molar-refractivity contribution in [1.29, 1.82) is 0 Å². The first kappa shape index (κ1) is 19.1. The predicted octanol–water partition coefficient (Wildman–Crippen LogP) is 4.99. The van der Waals surface area contributed by atoms with E-state index < -0.39 is 11.7 Å². The molecule has 0 saturated heterocycles. The summed E-state index contributed by atoms with van der Waals surface area (Å²) >= 11 is 0. The van der Waals surface area contributed by atoms with Crippen LogP contribution in [0.2, 0.25) is 0 Å². The Morgan fingerprint density at radius 1 is 1.27 bits per heavy atom. The minimum Gasteiger partial charge on any atom is -0.342 e. The highest BCUT2D eigenvalue weighted by Crippen LogP contribution is 2.65. The van der Waals surface area contributed by atoms with E-state index in [1.165, 1.54) is 19.8 Å². The van der Waals surface area contributed by atoms with Gasteiger partial charge >= 0.3 is 5.92 Å². The number of nitrogens with one attached hydrogen (secondary N) is 1. The van der Waals surface area contributed by atoms with Crippen molar-refractivity contribution < 1.29 is 13.6 Å². The number of pyridine rings is 1. The van der Waals surface area contributed by atoms with Gasteiger partial charge in [-0.2, -0.15) is 8.78 Å². The van der Waals surface area contributed by atoms with Crippen molar-refractivity contribution in [1.82, 2.24) is 19.5 Å². The van der Waals surface area contributed by atoms with Crippen LogP contribution in [0.15, 0.2) is 24.5 Å². The van der Waals surface area contributed by atoms with E-state index in [2.05, 4.69) is 24.8 Å². The smallest absolute Gasteiger partial charge is 0.303 e. The van der Waals surface area contributed by atoms with Gasteiger partial charge in [-0.3, -0.25) is 4.79 Å². The lowest BCUT2D eigenvalue weighted by Crippen LogP contribution is -2.27. The summed E-state index contributed by atoms with van der Waals surface area (Å²) < 4.78 is 30.1. The summed E-state index contributed by atoms with van der Waals surface area (Å²) in [5.74, 6) is -3.42. The zero-order chi connectivity index (χ0) is 21.3. The molecule has 6 nitrogen and oxygen atoms in total. The Bertz CT molecular complexity index is 1170. The van der Waals surface area contributed by atoms with Gasteiger partial charge in [0.1, 0.15) is 5.82 Å². The maximum Gasteiger partial charge on any atom is 0.303 e.